The summed E-state index contributed by atoms with van der Waals surface area (Å²) in [5, 5.41) is 0. The molecule has 0 amide bonds. The van der Waals surface area contributed by atoms with Crippen LogP contribution in [0.4, 0.5) is 0 Å². The lowest BCUT2D eigenvalue weighted by molar-refractivity contribution is 0.687. The maximum Gasteiger partial charge on any atom is 0.0423 e. The molecule has 23 heavy (non-hydrogen) atoms. The van der Waals surface area contributed by atoms with E-state index in [2.05, 4.69) is 97.9 Å². The van der Waals surface area contributed by atoms with Crippen LogP contribution in [0.3, 0.4) is 0 Å². The van der Waals surface area contributed by atoms with Crippen molar-refractivity contribution in [2.45, 2.75) is 23.8 Å². The second-order valence-corrected chi connectivity index (χ2v) is 7.51. The van der Waals surface area contributed by atoms with E-state index in [1.165, 1.54) is 16.7 Å². The average Bonchev–Trinajstić information content (AvgIpc) is 2.63. The molecule has 1 atom stereocenters. The molecule has 0 spiro atoms. The summed E-state index contributed by atoms with van der Waals surface area (Å²) in [6, 6.07) is 32.4. The Morgan fingerprint density at radius 1 is 0.652 bits per heavy atom. The molecule has 1 heteroatoms. The van der Waals surface area contributed by atoms with Crippen LogP contribution >= 0.6 is 11.8 Å². The van der Waals surface area contributed by atoms with E-state index in [4.69, 9.17) is 0 Å². The number of hydrogen-bond donors (Lipinski definition) is 0. The van der Waals surface area contributed by atoms with Crippen molar-refractivity contribution < 1.29 is 0 Å². The highest BCUT2D eigenvalue weighted by atomic mass is 32.2. The predicted molar refractivity (Wildman–Crippen MR) is 102 cm³/mol. The number of benzene rings is 3. The molecule has 0 nitrogen and oxygen atoms in total. The van der Waals surface area contributed by atoms with Gasteiger partial charge in [-0.3, -0.25) is 0 Å². The van der Waals surface area contributed by atoms with Gasteiger partial charge in [0.2, 0.25) is 0 Å². The monoisotopic (exact) mass is 318 g/mol. The maximum absolute atomic E-state index is 2.36. The van der Waals surface area contributed by atoms with Crippen LogP contribution in [-0.4, -0.2) is 0 Å². The van der Waals surface area contributed by atoms with E-state index < -0.39 is 0 Å². The minimum atomic E-state index is 0.0679. The highest BCUT2D eigenvalue weighted by Gasteiger charge is 2.27. The summed E-state index contributed by atoms with van der Waals surface area (Å²) in [6.07, 6.45) is 1.04. The Labute approximate surface area is 143 Å². The molecule has 3 aromatic carbocycles. The van der Waals surface area contributed by atoms with Gasteiger partial charge in [0.25, 0.3) is 0 Å². The summed E-state index contributed by atoms with van der Waals surface area (Å²) in [5.74, 6) is 1.03. The Morgan fingerprint density at radius 3 is 1.70 bits per heavy atom. The van der Waals surface area contributed by atoms with Crippen molar-refractivity contribution in [3.05, 3.63) is 108 Å². The number of thioether (sulfide) groups is 1. The summed E-state index contributed by atoms with van der Waals surface area (Å²) < 4.78 is 0.0679. The molecular formula is C22H22S. The predicted octanol–water partition coefficient (Wildman–Crippen LogP) is 6.08. The van der Waals surface area contributed by atoms with Crippen molar-refractivity contribution in [2.75, 3.05) is 0 Å². The molecule has 0 radical (unpaired) electrons. The average molecular weight is 318 g/mol. The first-order chi connectivity index (χ1) is 11.3. The van der Waals surface area contributed by atoms with E-state index in [1.807, 2.05) is 11.8 Å². The van der Waals surface area contributed by atoms with Gasteiger partial charge >= 0.3 is 0 Å². The van der Waals surface area contributed by atoms with Gasteiger partial charge in [0, 0.05) is 10.5 Å². The van der Waals surface area contributed by atoms with Crippen molar-refractivity contribution in [2.24, 2.45) is 0 Å². The zero-order valence-electron chi connectivity index (χ0n) is 13.5. The van der Waals surface area contributed by atoms with Gasteiger partial charge in [-0.05, 0) is 30.0 Å². The van der Waals surface area contributed by atoms with Crippen molar-refractivity contribution >= 4 is 11.8 Å². The fourth-order valence-electron chi connectivity index (χ4n) is 2.83. The van der Waals surface area contributed by atoms with E-state index in [9.17, 15) is 0 Å². The molecule has 0 N–H and O–H groups in total. The Hall–Kier alpha value is -1.99. The second kappa shape index (κ2) is 7.52. The van der Waals surface area contributed by atoms with Crippen LogP contribution in [-0.2, 0) is 16.9 Å². The molecule has 0 saturated carbocycles. The zero-order valence-corrected chi connectivity index (χ0v) is 14.3. The lowest BCUT2D eigenvalue weighted by atomic mass is 9.93. The van der Waals surface area contributed by atoms with Crippen molar-refractivity contribution in [3.63, 3.8) is 0 Å². The van der Waals surface area contributed by atoms with E-state index in [1.54, 1.807) is 0 Å². The third kappa shape index (κ3) is 4.27. The maximum atomic E-state index is 2.36. The van der Waals surface area contributed by atoms with Gasteiger partial charge in [0.15, 0.2) is 0 Å². The van der Waals surface area contributed by atoms with Crippen molar-refractivity contribution in [1.29, 1.82) is 0 Å². The Balaban J connectivity index is 1.84. The normalized spacial score (nSPS) is 13.4. The highest BCUT2D eigenvalue weighted by molar-refractivity contribution is 7.99. The first kappa shape index (κ1) is 15.9. The van der Waals surface area contributed by atoms with Crippen molar-refractivity contribution in [3.8, 4) is 0 Å². The molecule has 0 heterocycles. The molecule has 0 fully saturated rings. The van der Waals surface area contributed by atoms with Gasteiger partial charge in [0.05, 0.1) is 0 Å². The minimum absolute atomic E-state index is 0.0679. The Kier molecular flexibility index (Phi) is 5.19. The first-order valence-electron chi connectivity index (χ1n) is 8.04. The van der Waals surface area contributed by atoms with Gasteiger partial charge in [0.1, 0.15) is 0 Å². The summed E-state index contributed by atoms with van der Waals surface area (Å²) in [6.45, 7) is 2.36. The van der Waals surface area contributed by atoms with Crippen LogP contribution in [0.15, 0.2) is 91.0 Å². The van der Waals surface area contributed by atoms with E-state index in [0.29, 0.717) is 0 Å². The van der Waals surface area contributed by atoms with E-state index in [0.717, 1.165) is 12.2 Å². The number of rotatable bonds is 6. The van der Waals surface area contributed by atoms with Gasteiger partial charge in [-0.1, -0.05) is 91.0 Å². The van der Waals surface area contributed by atoms with Crippen LogP contribution in [0, 0.1) is 0 Å². The fourth-order valence-corrected chi connectivity index (χ4v) is 4.08. The smallest absolute Gasteiger partial charge is 0.0423 e. The van der Waals surface area contributed by atoms with Gasteiger partial charge < -0.3 is 0 Å². The third-order valence-corrected chi connectivity index (χ3v) is 5.66. The lowest BCUT2D eigenvalue weighted by Gasteiger charge is -2.30. The van der Waals surface area contributed by atoms with Crippen LogP contribution in [0.25, 0.3) is 0 Å². The molecule has 1 unspecified atom stereocenters. The second-order valence-electron chi connectivity index (χ2n) is 6.03. The largest absolute Gasteiger partial charge is 0.146 e. The van der Waals surface area contributed by atoms with Gasteiger partial charge in [-0.25, -0.2) is 0 Å². The molecule has 0 aliphatic carbocycles. The summed E-state index contributed by atoms with van der Waals surface area (Å²) in [5.41, 5.74) is 4.16. The molecule has 3 rings (SSSR count). The Bertz CT molecular complexity index is 707. The Morgan fingerprint density at radius 2 is 1.13 bits per heavy atom. The van der Waals surface area contributed by atoms with Crippen LogP contribution in [0.2, 0.25) is 0 Å². The highest BCUT2D eigenvalue weighted by Crippen LogP contribution is 2.41. The molecule has 0 aliphatic rings. The zero-order chi connectivity index (χ0) is 16.0. The number of hydrogen-bond acceptors (Lipinski definition) is 1. The molecular weight excluding hydrogens is 296 g/mol. The van der Waals surface area contributed by atoms with Gasteiger partial charge in [-0.15, -0.1) is 11.8 Å². The third-order valence-electron chi connectivity index (χ3n) is 4.17. The van der Waals surface area contributed by atoms with Crippen LogP contribution in [0.1, 0.15) is 23.6 Å². The molecule has 3 aromatic rings. The first-order valence-corrected chi connectivity index (χ1v) is 9.02. The molecule has 0 aliphatic heterocycles. The topological polar surface area (TPSA) is 0 Å². The quantitative estimate of drug-likeness (QED) is 0.531. The van der Waals surface area contributed by atoms with Crippen LogP contribution in [0.5, 0.6) is 0 Å². The molecule has 0 saturated heterocycles. The van der Waals surface area contributed by atoms with E-state index in [-0.39, 0.29) is 4.75 Å². The summed E-state index contributed by atoms with van der Waals surface area (Å²) in [4.78, 5) is 0. The van der Waals surface area contributed by atoms with Crippen LogP contribution < -0.4 is 0 Å². The minimum Gasteiger partial charge on any atom is -0.146 e. The van der Waals surface area contributed by atoms with Crippen molar-refractivity contribution in [1.82, 2.24) is 0 Å². The standard InChI is InChI=1S/C22H22S/c1-22(21-15-9-4-10-16-21,17-19-11-5-2-6-12-19)23-18-20-13-7-3-8-14-20/h2-16H,17-18H2,1H3. The fraction of sp³-hybridized carbons (Fsp3) is 0.182. The molecule has 116 valence electrons. The SMILES string of the molecule is CC(Cc1ccccc1)(SCc1ccccc1)c1ccccc1. The van der Waals surface area contributed by atoms with Gasteiger partial charge in [-0.2, -0.15) is 0 Å². The molecule has 0 aromatic heterocycles. The van der Waals surface area contributed by atoms with E-state index >= 15 is 0 Å². The summed E-state index contributed by atoms with van der Waals surface area (Å²) in [7, 11) is 0. The molecule has 0 bridgehead atoms. The lowest BCUT2D eigenvalue weighted by Crippen LogP contribution is -2.21. The summed E-state index contributed by atoms with van der Waals surface area (Å²) >= 11 is 2.02.